The Morgan fingerprint density at radius 1 is 1.19 bits per heavy atom. The van der Waals surface area contributed by atoms with Crippen LogP contribution in [-0.4, -0.2) is 56.8 Å². The number of benzene rings is 1. The topological polar surface area (TPSA) is 134 Å². The van der Waals surface area contributed by atoms with Crippen LogP contribution in [0.25, 0.3) is 0 Å². The Bertz CT molecular complexity index is 1480. The lowest BCUT2D eigenvalue weighted by Crippen LogP contribution is -2.58. The maximum atomic E-state index is 13.7. The normalized spacial score (nSPS) is 24.2. The predicted molar refractivity (Wildman–Crippen MR) is 136 cm³/mol. The molecule has 11 nitrogen and oxygen atoms in total. The summed E-state index contributed by atoms with van der Waals surface area (Å²) in [5.41, 5.74) is 2.61. The molecule has 2 atom stereocenters. The average molecular weight is 543 g/mol. The highest BCUT2D eigenvalue weighted by Gasteiger charge is 2.52. The lowest BCUT2D eigenvalue weighted by Gasteiger charge is -2.41. The summed E-state index contributed by atoms with van der Waals surface area (Å²) in [5.74, 6) is -1.33. The van der Waals surface area contributed by atoms with E-state index in [1.165, 1.54) is 11.0 Å². The number of hydrogen-bond acceptors (Lipinski definition) is 7. The van der Waals surface area contributed by atoms with Crippen molar-refractivity contribution in [3.63, 3.8) is 0 Å². The molecule has 6 rings (SSSR count). The molecule has 1 aromatic carbocycles. The molecule has 1 aliphatic carbocycles. The number of nitrogens with zero attached hydrogens (tertiary/aromatic N) is 4. The molecule has 13 heteroatoms. The molecular weight excluding hydrogens is 516 g/mol. The molecule has 1 saturated carbocycles. The largest absolute Gasteiger partial charge is 0.328 e. The number of hydrogen-bond donors (Lipinski definition) is 2. The maximum Gasteiger partial charge on any atom is 0.328 e. The number of anilines is 1. The number of nitrogens with one attached hydrogen (secondary N) is 2. The fraction of sp³-hybridized carbons (Fsp3) is 0.417. The number of sulfonamides is 1. The highest BCUT2D eigenvalue weighted by atomic mass is 32.3. The van der Waals surface area contributed by atoms with Gasteiger partial charge in [0, 0.05) is 36.6 Å². The van der Waals surface area contributed by atoms with Crippen molar-refractivity contribution in [1.82, 2.24) is 24.3 Å². The van der Waals surface area contributed by atoms with Crippen LogP contribution in [0.3, 0.4) is 0 Å². The van der Waals surface area contributed by atoms with Crippen LogP contribution in [0.4, 0.5) is 10.5 Å². The van der Waals surface area contributed by atoms with Crippen molar-refractivity contribution in [1.29, 1.82) is 0 Å². The Hall–Kier alpha value is -3.16. The molecular formula is C24H26N6O5S2. The van der Waals surface area contributed by atoms with Crippen molar-refractivity contribution in [2.45, 2.75) is 50.2 Å². The van der Waals surface area contributed by atoms with E-state index in [9.17, 15) is 22.8 Å². The van der Waals surface area contributed by atoms with Crippen molar-refractivity contribution >= 4 is 45.3 Å². The fourth-order valence-corrected chi connectivity index (χ4v) is 8.19. The lowest BCUT2D eigenvalue weighted by atomic mass is 10.0. The zero-order valence-corrected chi connectivity index (χ0v) is 21.9. The number of aromatic nitrogens is 2. The smallest absolute Gasteiger partial charge is 0.326 e. The van der Waals surface area contributed by atoms with Gasteiger partial charge in [-0.15, -0.1) is 0 Å². The molecule has 194 valence electrons. The van der Waals surface area contributed by atoms with E-state index >= 15 is 0 Å². The third-order valence-corrected chi connectivity index (χ3v) is 10.6. The zero-order valence-electron chi connectivity index (χ0n) is 20.3. The molecule has 3 aliphatic heterocycles. The van der Waals surface area contributed by atoms with Crippen molar-refractivity contribution in [2.75, 3.05) is 5.32 Å². The summed E-state index contributed by atoms with van der Waals surface area (Å²) in [5, 5.41) is 6.22. The highest BCUT2D eigenvalue weighted by molar-refractivity contribution is 8.18. The van der Waals surface area contributed by atoms with Gasteiger partial charge in [-0.2, -0.15) is 5.10 Å². The Morgan fingerprint density at radius 2 is 1.97 bits per heavy atom. The van der Waals surface area contributed by atoms with Crippen LogP contribution in [0.15, 0.2) is 40.9 Å². The minimum absolute atomic E-state index is 0.0325. The van der Waals surface area contributed by atoms with Gasteiger partial charge in [0.2, 0.25) is 21.8 Å². The van der Waals surface area contributed by atoms with Crippen LogP contribution in [0, 0.1) is 5.92 Å². The van der Waals surface area contributed by atoms with Crippen molar-refractivity contribution in [2.24, 2.45) is 13.0 Å². The lowest BCUT2D eigenvalue weighted by molar-refractivity contribution is -0.135. The van der Waals surface area contributed by atoms with Gasteiger partial charge >= 0.3 is 6.03 Å². The van der Waals surface area contributed by atoms with Crippen LogP contribution < -0.4 is 10.0 Å². The van der Waals surface area contributed by atoms with Gasteiger partial charge in [0.1, 0.15) is 9.61 Å². The Morgan fingerprint density at radius 3 is 2.68 bits per heavy atom. The van der Waals surface area contributed by atoms with Gasteiger partial charge in [-0.3, -0.25) is 19.2 Å². The van der Waals surface area contributed by atoms with E-state index in [-0.39, 0.29) is 29.7 Å². The second-order valence-corrected chi connectivity index (χ2v) is 13.3. The van der Waals surface area contributed by atoms with Crippen molar-refractivity contribution in [3.8, 4) is 0 Å². The quantitative estimate of drug-likeness (QED) is 0.546. The van der Waals surface area contributed by atoms with Gasteiger partial charge in [-0.1, -0.05) is 23.9 Å². The maximum absolute atomic E-state index is 13.7. The molecule has 0 radical (unpaired) electrons. The van der Waals surface area contributed by atoms with Crippen LogP contribution >= 0.6 is 11.8 Å². The third kappa shape index (κ3) is 4.44. The Balaban J connectivity index is 1.32. The van der Waals surface area contributed by atoms with Gasteiger partial charge < -0.3 is 10.2 Å². The first-order chi connectivity index (χ1) is 17.5. The molecule has 1 aromatic heterocycles. The second-order valence-electron chi connectivity index (χ2n) is 10.3. The fourth-order valence-electron chi connectivity index (χ4n) is 4.88. The van der Waals surface area contributed by atoms with Gasteiger partial charge in [0.15, 0.2) is 0 Å². The van der Waals surface area contributed by atoms with Gasteiger partial charge in [-0.05, 0) is 43.0 Å². The Labute approximate surface area is 218 Å². The van der Waals surface area contributed by atoms with E-state index in [1.807, 2.05) is 19.1 Å². The van der Waals surface area contributed by atoms with Gasteiger partial charge in [0.25, 0.3) is 0 Å². The minimum Gasteiger partial charge on any atom is -0.326 e. The number of fused-ring (bicyclic) bond motifs is 2. The number of aryl methyl sites for hydroxylation is 1. The number of carbonyl (C=O) groups is 3. The molecule has 37 heavy (non-hydrogen) atoms. The molecule has 1 saturated heterocycles. The summed E-state index contributed by atoms with van der Waals surface area (Å²) in [6.45, 7) is 2.05. The summed E-state index contributed by atoms with van der Waals surface area (Å²) in [6, 6.07) is 5.01. The van der Waals surface area contributed by atoms with Crippen LogP contribution in [0.1, 0.15) is 36.5 Å². The van der Waals surface area contributed by atoms with Gasteiger partial charge in [0.05, 0.1) is 25.1 Å². The first-order valence-corrected chi connectivity index (χ1v) is 14.3. The van der Waals surface area contributed by atoms with Crippen molar-refractivity contribution < 1.29 is 22.8 Å². The highest BCUT2D eigenvalue weighted by Crippen LogP contribution is 2.47. The van der Waals surface area contributed by atoms with Gasteiger partial charge in [-0.25, -0.2) is 17.9 Å². The van der Waals surface area contributed by atoms with E-state index in [4.69, 9.17) is 0 Å². The molecule has 2 N–H and O–H groups in total. The molecule has 0 spiro atoms. The number of rotatable bonds is 7. The zero-order chi connectivity index (χ0) is 26.1. The van der Waals surface area contributed by atoms with E-state index < -0.39 is 38.8 Å². The number of amides is 4. The van der Waals surface area contributed by atoms with E-state index in [0.29, 0.717) is 5.56 Å². The number of carbonyl (C=O) groups excluding carboxylic acids is 3. The summed E-state index contributed by atoms with van der Waals surface area (Å²) in [7, 11) is -2.08. The van der Waals surface area contributed by atoms with Crippen molar-refractivity contribution in [3.05, 3.63) is 57.6 Å². The van der Waals surface area contributed by atoms with Crippen LogP contribution in [0.5, 0.6) is 0 Å². The molecule has 4 aliphatic rings. The molecule has 4 heterocycles. The molecule has 4 amide bonds. The van der Waals surface area contributed by atoms with E-state index in [1.54, 1.807) is 35.1 Å². The van der Waals surface area contributed by atoms with E-state index in [2.05, 4.69) is 15.1 Å². The summed E-state index contributed by atoms with van der Waals surface area (Å²) in [4.78, 5) is 41.7. The summed E-state index contributed by atoms with van der Waals surface area (Å²) in [6.07, 6.45) is 6.59. The average Bonchev–Trinajstić information content (AvgIpc) is 3.20. The molecule has 0 bridgehead atoms. The second kappa shape index (κ2) is 8.43. The number of thioether (sulfide) groups is 1. The molecule has 2 fully saturated rings. The first-order valence-electron chi connectivity index (χ1n) is 11.9. The Kier molecular flexibility index (Phi) is 5.51. The SMILES string of the molecule is Cn1cc(CN2C(=O)C3C=C(S(=O)(=O)NC4(C)CC4)SC3N(Cc3ccc4c(c3)CC(=O)N4)C2=O)cn1. The number of imide groups is 1. The molecule has 2 aromatic rings. The standard InChI is InChI=1S/C24H26N6O5S2/c1-24(5-6-24)27-37(34,35)20-9-17-21(32)29(13-15-10-25-28(2)11-15)23(33)30(22(17)36-20)12-14-3-4-18-16(7-14)8-19(31)26-18/h3-4,7,9-11,17,22,27H,5-6,8,12-13H2,1-2H3,(H,26,31). The van der Waals surface area contributed by atoms with Crippen LogP contribution in [-0.2, 0) is 46.2 Å². The first kappa shape index (κ1) is 24.2. The molecule has 2 unspecified atom stereocenters. The third-order valence-electron chi connectivity index (χ3n) is 7.09. The monoisotopic (exact) mass is 542 g/mol. The summed E-state index contributed by atoms with van der Waals surface area (Å²) >= 11 is 1.03. The summed E-state index contributed by atoms with van der Waals surface area (Å²) < 4.78 is 30.7. The minimum atomic E-state index is -3.83. The van der Waals surface area contributed by atoms with E-state index in [0.717, 1.165) is 41.4 Å². The predicted octanol–water partition coefficient (Wildman–Crippen LogP) is 1.88. The number of urea groups is 1. The van der Waals surface area contributed by atoms with Crippen LogP contribution in [0.2, 0.25) is 0 Å².